The molecular formula is C19H17NO3S. The van der Waals surface area contributed by atoms with Crippen molar-refractivity contribution in [2.24, 2.45) is 0 Å². The SMILES string of the molecule is O=C1C=CC2N3C1(c1ccccc1)CC23S(O)(O)c1ccccc1. The third-order valence-electron chi connectivity index (χ3n) is 5.65. The van der Waals surface area contributed by atoms with Crippen LogP contribution < -0.4 is 0 Å². The number of ketones is 1. The lowest BCUT2D eigenvalue weighted by atomic mass is 9.77. The monoisotopic (exact) mass is 339 g/mol. The highest BCUT2D eigenvalue weighted by Crippen LogP contribution is 2.83. The fourth-order valence-corrected chi connectivity index (χ4v) is 6.89. The van der Waals surface area contributed by atoms with E-state index in [-0.39, 0.29) is 11.8 Å². The van der Waals surface area contributed by atoms with E-state index in [1.54, 1.807) is 18.2 Å². The molecule has 4 atom stereocenters. The van der Waals surface area contributed by atoms with Crippen LogP contribution in [0.1, 0.15) is 12.0 Å². The molecule has 0 bridgehead atoms. The van der Waals surface area contributed by atoms with Crippen LogP contribution in [0.25, 0.3) is 0 Å². The number of fused-ring (bicyclic) bond motifs is 1. The zero-order valence-electron chi connectivity index (χ0n) is 12.9. The van der Waals surface area contributed by atoms with Gasteiger partial charge in [-0.2, -0.15) is 0 Å². The van der Waals surface area contributed by atoms with E-state index < -0.39 is 21.0 Å². The van der Waals surface area contributed by atoms with Gasteiger partial charge in [-0.1, -0.05) is 54.6 Å². The summed E-state index contributed by atoms with van der Waals surface area (Å²) in [6, 6.07) is 18.6. The third-order valence-corrected chi connectivity index (χ3v) is 8.15. The summed E-state index contributed by atoms with van der Waals surface area (Å²) in [6.07, 6.45) is 3.88. The molecule has 24 heavy (non-hydrogen) atoms. The molecule has 122 valence electrons. The average molecular weight is 339 g/mol. The quantitative estimate of drug-likeness (QED) is 0.839. The minimum absolute atomic E-state index is 0.0290. The molecule has 3 aliphatic rings. The normalized spacial score (nSPS) is 36.7. The molecule has 2 fully saturated rings. The van der Waals surface area contributed by atoms with Crippen molar-refractivity contribution in [3.05, 3.63) is 78.4 Å². The van der Waals surface area contributed by atoms with Crippen molar-refractivity contribution >= 4 is 16.4 Å². The van der Waals surface area contributed by atoms with Crippen LogP contribution in [0.15, 0.2) is 77.7 Å². The number of hydrogen-bond donors (Lipinski definition) is 2. The van der Waals surface area contributed by atoms with Crippen molar-refractivity contribution in [3.8, 4) is 0 Å². The van der Waals surface area contributed by atoms with E-state index in [1.165, 1.54) is 0 Å². The van der Waals surface area contributed by atoms with Crippen LogP contribution in [-0.2, 0) is 10.3 Å². The predicted octanol–water partition coefficient (Wildman–Crippen LogP) is 3.61. The first-order valence-electron chi connectivity index (χ1n) is 7.96. The topological polar surface area (TPSA) is 60.5 Å². The Morgan fingerprint density at radius 1 is 1.00 bits per heavy atom. The van der Waals surface area contributed by atoms with E-state index >= 15 is 0 Å². The maximum Gasteiger partial charge on any atom is 0.180 e. The highest BCUT2D eigenvalue weighted by Gasteiger charge is 2.87. The summed E-state index contributed by atoms with van der Waals surface area (Å²) < 4.78 is 22.1. The van der Waals surface area contributed by atoms with Crippen molar-refractivity contribution in [2.75, 3.05) is 0 Å². The summed E-state index contributed by atoms with van der Waals surface area (Å²) >= 11 is 0. The number of carbonyl (C=O) groups is 1. The summed E-state index contributed by atoms with van der Waals surface area (Å²) in [5.74, 6) is 0.0290. The van der Waals surface area contributed by atoms with Gasteiger partial charge in [-0.3, -0.25) is 18.8 Å². The van der Waals surface area contributed by atoms with Crippen LogP contribution in [0.5, 0.6) is 0 Å². The molecule has 0 radical (unpaired) electrons. The number of nitrogens with zero attached hydrogens (tertiary/aromatic N) is 1. The molecule has 0 saturated carbocycles. The molecule has 0 aliphatic carbocycles. The molecule has 0 aromatic heterocycles. The summed E-state index contributed by atoms with van der Waals surface area (Å²) in [4.78, 5) is 14.5. The standard InChI is InChI=1S/C19H17NO3S/c21-17-12-11-16-19(24(22,23)15-9-5-2-6-10-15)13-18(17,20(16)19)14-7-3-1-4-8-14/h1-12,16,22-23H,13H2. The Labute approximate surface area is 141 Å². The third kappa shape index (κ3) is 1.41. The molecule has 0 spiro atoms. The van der Waals surface area contributed by atoms with Crippen molar-refractivity contribution in [1.29, 1.82) is 0 Å². The smallest absolute Gasteiger partial charge is 0.180 e. The van der Waals surface area contributed by atoms with Gasteiger partial charge in [0, 0.05) is 6.42 Å². The molecule has 3 aliphatic heterocycles. The van der Waals surface area contributed by atoms with Gasteiger partial charge >= 0.3 is 0 Å². The van der Waals surface area contributed by atoms with Crippen LogP contribution in [0.3, 0.4) is 0 Å². The van der Waals surface area contributed by atoms with Crippen LogP contribution in [-0.4, -0.2) is 30.7 Å². The lowest BCUT2D eigenvalue weighted by Crippen LogP contribution is -2.58. The number of benzene rings is 2. The van der Waals surface area contributed by atoms with Crippen molar-refractivity contribution in [2.45, 2.75) is 27.8 Å². The van der Waals surface area contributed by atoms with Gasteiger partial charge in [0.1, 0.15) is 10.4 Å². The van der Waals surface area contributed by atoms with Gasteiger partial charge in [-0.25, -0.2) is 0 Å². The first kappa shape index (κ1) is 14.4. The van der Waals surface area contributed by atoms with Gasteiger partial charge < -0.3 is 0 Å². The number of carbonyl (C=O) groups excluding carboxylic acids is 1. The Hall–Kier alpha value is -1.92. The molecular weight excluding hydrogens is 322 g/mol. The summed E-state index contributed by atoms with van der Waals surface area (Å²) in [5, 5.41) is 0. The van der Waals surface area contributed by atoms with Crippen molar-refractivity contribution < 1.29 is 13.9 Å². The molecule has 2 aromatic rings. The van der Waals surface area contributed by atoms with E-state index in [4.69, 9.17) is 0 Å². The summed E-state index contributed by atoms with van der Waals surface area (Å²) in [5.41, 5.74) is 0.194. The Balaban J connectivity index is 1.62. The molecule has 3 heterocycles. The fraction of sp³-hybridized carbons (Fsp3) is 0.211. The summed E-state index contributed by atoms with van der Waals surface area (Å²) in [6.45, 7) is 0. The Bertz CT molecular complexity index is 867. The minimum Gasteiger partial charge on any atom is -0.293 e. The van der Waals surface area contributed by atoms with Gasteiger partial charge in [0.05, 0.1) is 10.9 Å². The Kier molecular flexibility index (Phi) is 2.63. The minimum atomic E-state index is -3.03. The van der Waals surface area contributed by atoms with Gasteiger partial charge in [0.2, 0.25) is 0 Å². The maximum atomic E-state index is 12.7. The van der Waals surface area contributed by atoms with Crippen molar-refractivity contribution in [3.63, 3.8) is 0 Å². The molecule has 2 aromatic carbocycles. The highest BCUT2D eigenvalue weighted by molar-refractivity contribution is 8.25. The van der Waals surface area contributed by atoms with Gasteiger partial charge in [-0.15, -0.1) is 10.6 Å². The lowest BCUT2D eigenvalue weighted by molar-refractivity contribution is -0.129. The van der Waals surface area contributed by atoms with Gasteiger partial charge in [0.25, 0.3) is 0 Å². The van der Waals surface area contributed by atoms with E-state index in [2.05, 4.69) is 0 Å². The first-order chi connectivity index (χ1) is 11.5. The molecule has 4 unspecified atom stereocenters. The second-order valence-electron chi connectivity index (χ2n) is 6.65. The Morgan fingerprint density at radius 2 is 1.62 bits per heavy atom. The molecule has 0 amide bonds. The van der Waals surface area contributed by atoms with Crippen LogP contribution >= 0.6 is 10.6 Å². The average Bonchev–Trinajstić information content (AvgIpc) is 3.20. The van der Waals surface area contributed by atoms with Gasteiger partial charge in [-0.05, 0) is 23.8 Å². The lowest BCUT2D eigenvalue weighted by Gasteiger charge is -2.54. The maximum absolute atomic E-state index is 12.7. The largest absolute Gasteiger partial charge is 0.293 e. The van der Waals surface area contributed by atoms with E-state index in [0.717, 1.165) is 5.56 Å². The summed E-state index contributed by atoms with van der Waals surface area (Å²) in [7, 11) is -3.03. The number of rotatable bonds is 3. The first-order valence-corrected chi connectivity index (χ1v) is 9.50. The molecule has 5 heteroatoms. The van der Waals surface area contributed by atoms with Crippen molar-refractivity contribution in [1.82, 2.24) is 4.90 Å². The zero-order chi connectivity index (χ0) is 16.6. The highest BCUT2D eigenvalue weighted by atomic mass is 32.3. The predicted molar refractivity (Wildman–Crippen MR) is 92.8 cm³/mol. The van der Waals surface area contributed by atoms with Crippen LogP contribution in [0.4, 0.5) is 0 Å². The molecule has 2 saturated heterocycles. The molecule has 5 rings (SSSR count). The van der Waals surface area contributed by atoms with E-state index in [1.807, 2.05) is 59.5 Å². The second kappa shape index (κ2) is 4.37. The molecule has 2 N–H and O–H groups in total. The number of hydrogen-bond acceptors (Lipinski definition) is 4. The Morgan fingerprint density at radius 3 is 2.29 bits per heavy atom. The van der Waals surface area contributed by atoms with E-state index in [0.29, 0.717) is 11.3 Å². The van der Waals surface area contributed by atoms with Crippen LogP contribution in [0.2, 0.25) is 0 Å². The fourth-order valence-electron chi connectivity index (χ4n) is 4.52. The second-order valence-corrected chi connectivity index (χ2v) is 8.92. The molecule has 4 nitrogen and oxygen atoms in total. The van der Waals surface area contributed by atoms with E-state index in [9.17, 15) is 13.9 Å². The van der Waals surface area contributed by atoms with Gasteiger partial charge in [0.15, 0.2) is 5.78 Å². The zero-order valence-corrected chi connectivity index (χ0v) is 13.7. The van der Waals surface area contributed by atoms with Crippen LogP contribution in [0, 0.1) is 0 Å².